The van der Waals surface area contributed by atoms with E-state index in [0.717, 1.165) is 0 Å². The molecule has 0 N–H and O–H groups in total. The van der Waals surface area contributed by atoms with Gasteiger partial charge in [-0.15, -0.1) is 0 Å². The maximum Gasteiger partial charge on any atom is 0.0465 e. The van der Waals surface area contributed by atoms with E-state index in [1.807, 2.05) is 0 Å². The SMILES string of the molecule is CC1(C)c2ccccc2-c2cccc(-c3ccc(N(c4ccccc4)c4ccc5c(c4)C4(CCCC4)c4ccccc4-5)cc3)c21. The van der Waals surface area contributed by atoms with Crippen molar-refractivity contribution in [2.75, 3.05) is 4.90 Å². The molecule has 1 saturated carbocycles. The van der Waals surface area contributed by atoms with E-state index in [0.29, 0.717) is 0 Å². The van der Waals surface area contributed by atoms with Crippen LogP contribution in [0.25, 0.3) is 33.4 Å². The third kappa shape index (κ3) is 3.80. The van der Waals surface area contributed by atoms with Crippen LogP contribution in [0.1, 0.15) is 61.8 Å². The van der Waals surface area contributed by atoms with Gasteiger partial charge in [-0.1, -0.05) is 130 Å². The Morgan fingerprint density at radius 3 is 1.76 bits per heavy atom. The Kier molecular flexibility index (Phi) is 5.78. The summed E-state index contributed by atoms with van der Waals surface area (Å²) in [6.45, 7) is 4.74. The van der Waals surface area contributed by atoms with E-state index in [2.05, 4.69) is 158 Å². The number of benzene rings is 6. The fourth-order valence-electron chi connectivity index (χ4n) is 9.00. The number of hydrogen-bond acceptors (Lipinski definition) is 1. The highest BCUT2D eigenvalue weighted by molar-refractivity contribution is 5.89. The molecule has 6 aromatic rings. The Morgan fingerprint density at radius 2 is 1.00 bits per heavy atom. The van der Waals surface area contributed by atoms with Gasteiger partial charge in [0.2, 0.25) is 0 Å². The van der Waals surface area contributed by atoms with Gasteiger partial charge >= 0.3 is 0 Å². The normalized spacial score (nSPS) is 16.2. The number of fused-ring (bicyclic) bond motifs is 8. The van der Waals surface area contributed by atoms with Crippen molar-refractivity contribution in [2.24, 2.45) is 0 Å². The van der Waals surface area contributed by atoms with Crippen molar-refractivity contribution in [1.82, 2.24) is 0 Å². The van der Waals surface area contributed by atoms with Crippen molar-refractivity contribution >= 4 is 17.1 Å². The van der Waals surface area contributed by atoms with Crippen LogP contribution >= 0.6 is 0 Å². The number of rotatable bonds is 4. The number of nitrogens with zero attached hydrogens (tertiary/aromatic N) is 1. The van der Waals surface area contributed by atoms with Crippen molar-refractivity contribution in [3.05, 3.63) is 162 Å². The van der Waals surface area contributed by atoms with Crippen molar-refractivity contribution in [1.29, 1.82) is 0 Å². The molecule has 0 heterocycles. The molecule has 0 amide bonds. The Balaban J connectivity index is 1.16. The van der Waals surface area contributed by atoms with Crippen molar-refractivity contribution in [3.63, 3.8) is 0 Å². The largest absolute Gasteiger partial charge is 0.310 e. The van der Waals surface area contributed by atoms with Crippen LogP contribution < -0.4 is 4.90 Å². The van der Waals surface area contributed by atoms with Crippen LogP contribution in [-0.4, -0.2) is 0 Å². The van der Waals surface area contributed by atoms with Gasteiger partial charge < -0.3 is 4.90 Å². The average molecular weight is 580 g/mol. The van der Waals surface area contributed by atoms with Crippen LogP contribution in [0.5, 0.6) is 0 Å². The van der Waals surface area contributed by atoms with E-state index in [4.69, 9.17) is 0 Å². The molecule has 1 fully saturated rings. The predicted molar refractivity (Wildman–Crippen MR) is 189 cm³/mol. The summed E-state index contributed by atoms with van der Waals surface area (Å²) in [6.07, 6.45) is 5.07. The number of hydrogen-bond donors (Lipinski definition) is 0. The van der Waals surface area contributed by atoms with Crippen LogP contribution in [0.15, 0.2) is 140 Å². The van der Waals surface area contributed by atoms with Gasteiger partial charge in [-0.3, -0.25) is 0 Å². The van der Waals surface area contributed by atoms with Crippen LogP contribution in [0.2, 0.25) is 0 Å². The smallest absolute Gasteiger partial charge is 0.0465 e. The van der Waals surface area contributed by atoms with Crippen molar-refractivity contribution < 1.29 is 0 Å². The van der Waals surface area contributed by atoms with Gasteiger partial charge in [0.15, 0.2) is 0 Å². The van der Waals surface area contributed by atoms with E-state index in [1.54, 1.807) is 0 Å². The van der Waals surface area contributed by atoms with E-state index in [9.17, 15) is 0 Å². The standard InChI is InChI=1S/C44H37N/c1-43(2)39-19-8-6-16-36(39)38-18-12-17-34(42(38)43)30-21-23-32(24-22-30)45(31-13-4-3-5-14-31)33-25-26-37-35-15-7-9-20-40(35)44(41(37)29-33)27-10-11-28-44/h3-9,12-26,29H,10-11,27-28H2,1-2H3. The Bertz CT molecular complexity index is 2080. The maximum atomic E-state index is 2.51. The molecule has 45 heavy (non-hydrogen) atoms. The van der Waals surface area contributed by atoms with Gasteiger partial charge in [0, 0.05) is 27.9 Å². The van der Waals surface area contributed by atoms with Crippen molar-refractivity contribution in [2.45, 2.75) is 50.4 Å². The molecule has 0 aromatic heterocycles. The summed E-state index contributed by atoms with van der Waals surface area (Å²) in [5.74, 6) is 0. The average Bonchev–Trinajstić information content (AvgIpc) is 3.76. The lowest BCUT2D eigenvalue weighted by Gasteiger charge is -2.30. The molecular formula is C44H37N. The molecule has 0 aliphatic heterocycles. The molecule has 0 saturated heterocycles. The quantitative estimate of drug-likeness (QED) is 0.201. The van der Waals surface area contributed by atoms with Gasteiger partial charge in [-0.05, 0) is 105 Å². The highest BCUT2D eigenvalue weighted by atomic mass is 15.1. The van der Waals surface area contributed by atoms with E-state index in [-0.39, 0.29) is 10.8 Å². The molecule has 6 aromatic carbocycles. The molecule has 0 bridgehead atoms. The fraction of sp³-hybridized carbons (Fsp3) is 0.182. The number of anilines is 3. The summed E-state index contributed by atoms with van der Waals surface area (Å²) in [6, 6.07) is 52.2. The minimum Gasteiger partial charge on any atom is -0.310 e. The second-order valence-electron chi connectivity index (χ2n) is 13.7. The maximum absolute atomic E-state index is 2.51. The molecule has 9 rings (SSSR count). The summed E-state index contributed by atoms with van der Waals surface area (Å²) in [5, 5.41) is 0. The molecule has 3 aliphatic rings. The Labute approximate surface area is 266 Å². The van der Waals surface area contributed by atoms with Crippen molar-refractivity contribution in [3.8, 4) is 33.4 Å². The van der Waals surface area contributed by atoms with Crippen LogP contribution in [0.3, 0.4) is 0 Å². The highest BCUT2D eigenvalue weighted by Gasteiger charge is 2.45. The van der Waals surface area contributed by atoms with Gasteiger partial charge in [0.1, 0.15) is 0 Å². The summed E-state index contributed by atoms with van der Waals surface area (Å²) in [5.41, 5.74) is 17.7. The first-order valence-corrected chi connectivity index (χ1v) is 16.5. The molecule has 0 radical (unpaired) electrons. The van der Waals surface area contributed by atoms with Crippen LogP contribution in [0, 0.1) is 0 Å². The molecule has 218 valence electrons. The second-order valence-corrected chi connectivity index (χ2v) is 13.7. The molecule has 0 unspecified atom stereocenters. The molecule has 1 heteroatoms. The zero-order valence-corrected chi connectivity index (χ0v) is 26.1. The monoisotopic (exact) mass is 579 g/mol. The molecular weight excluding hydrogens is 542 g/mol. The summed E-state index contributed by atoms with van der Waals surface area (Å²) in [4.78, 5) is 2.44. The van der Waals surface area contributed by atoms with E-state index < -0.39 is 0 Å². The zero-order valence-electron chi connectivity index (χ0n) is 26.1. The van der Waals surface area contributed by atoms with E-state index >= 15 is 0 Å². The van der Waals surface area contributed by atoms with Gasteiger partial charge in [-0.25, -0.2) is 0 Å². The minimum absolute atomic E-state index is 0.0462. The lowest BCUT2D eigenvalue weighted by Crippen LogP contribution is -2.21. The predicted octanol–water partition coefficient (Wildman–Crippen LogP) is 12.0. The topological polar surface area (TPSA) is 3.24 Å². The van der Waals surface area contributed by atoms with Gasteiger partial charge in [0.05, 0.1) is 0 Å². The summed E-state index contributed by atoms with van der Waals surface area (Å²) in [7, 11) is 0. The third-order valence-electron chi connectivity index (χ3n) is 11.0. The zero-order chi connectivity index (χ0) is 30.2. The van der Waals surface area contributed by atoms with Crippen LogP contribution in [-0.2, 0) is 10.8 Å². The lowest BCUT2D eigenvalue weighted by atomic mass is 9.76. The summed E-state index contributed by atoms with van der Waals surface area (Å²) >= 11 is 0. The first-order valence-electron chi connectivity index (χ1n) is 16.5. The Hall–Kier alpha value is -4.88. The second kappa shape index (κ2) is 9.81. The molecule has 1 nitrogen and oxygen atoms in total. The summed E-state index contributed by atoms with van der Waals surface area (Å²) < 4.78 is 0. The third-order valence-corrected chi connectivity index (χ3v) is 11.0. The Morgan fingerprint density at radius 1 is 0.444 bits per heavy atom. The molecule has 0 atom stereocenters. The lowest BCUT2D eigenvalue weighted by molar-refractivity contribution is 0.550. The molecule has 3 aliphatic carbocycles. The van der Waals surface area contributed by atoms with Gasteiger partial charge in [-0.2, -0.15) is 0 Å². The van der Waals surface area contributed by atoms with Gasteiger partial charge in [0.25, 0.3) is 0 Å². The first-order chi connectivity index (χ1) is 22.1. The first kappa shape index (κ1) is 26.5. The number of para-hydroxylation sites is 1. The minimum atomic E-state index is -0.0462. The highest BCUT2D eigenvalue weighted by Crippen LogP contribution is 2.58. The van der Waals surface area contributed by atoms with Crippen LogP contribution in [0.4, 0.5) is 17.1 Å². The van der Waals surface area contributed by atoms with E-state index in [1.165, 1.54) is 98.4 Å². The fourth-order valence-corrected chi connectivity index (χ4v) is 9.00. The molecule has 1 spiro atoms.